The van der Waals surface area contributed by atoms with Crippen LogP contribution < -0.4 is 5.32 Å². The van der Waals surface area contributed by atoms with Gasteiger partial charge in [0.15, 0.2) is 0 Å². The van der Waals surface area contributed by atoms with Crippen molar-refractivity contribution < 1.29 is 0 Å². The number of thiophene rings is 1. The first-order valence-electron chi connectivity index (χ1n) is 4.76. The summed E-state index contributed by atoms with van der Waals surface area (Å²) in [5.74, 6) is 0.950. The molecule has 0 fully saturated rings. The molecule has 0 saturated carbocycles. The van der Waals surface area contributed by atoms with Gasteiger partial charge >= 0.3 is 0 Å². The summed E-state index contributed by atoms with van der Waals surface area (Å²) in [6.45, 7) is 4.31. The zero-order valence-corrected chi connectivity index (χ0v) is 9.14. The van der Waals surface area contributed by atoms with Crippen molar-refractivity contribution in [2.75, 3.05) is 5.32 Å². The Hall–Kier alpha value is -1.16. The maximum absolute atomic E-state index is 4.25. The predicted molar refractivity (Wildman–Crippen MR) is 60.8 cm³/mol. The van der Waals surface area contributed by atoms with E-state index >= 15 is 0 Å². The minimum atomic E-state index is 0.452. The summed E-state index contributed by atoms with van der Waals surface area (Å²) in [7, 11) is 0. The molecule has 0 aliphatic heterocycles. The second-order valence-electron chi connectivity index (χ2n) is 3.32. The number of nitrogens with zero attached hydrogens (tertiary/aromatic N) is 2. The van der Waals surface area contributed by atoms with E-state index in [-0.39, 0.29) is 0 Å². The van der Waals surface area contributed by atoms with Gasteiger partial charge in [0.25, 0.3) is 0 Å². The van der Waals surface area contributed by atoms with Crippen LogP contribution in [0, 0.1) is 0 Å². The van der Waals surface area contributed by atoms with E-state index in [2.05, 4.69) is 35.2 Å². The summed E-state index contributed by atoms with van der Waals surface area (Å²) in [6, 6.07) is 2.51. The molecular formula is C10H13N3S. The van der Waals surface area contributed by atoms with Crippen LogP contribution >= 0.6 is 11.3 Å². The lowest BCUT2D eigenvalue weighted by Gasteiger charge is -2.12. The van der Waals surface area contributed by atoms with Gasteiger partial charge in [-0.3, -0.25) is 0 Å². The van der Waals surface area contributed by atoms with Crippen molar-refractivity contribution in [1.82, 2.24) is 9.97 Å². The molecule has 3 nitrogen and oxygen atoms in total. The fourth-order valence-electron chi connectivity index (χ4n) is 1.24. The van der Waals surface area contributed by atoms with Crippen LogP contribution in [0.1, 0.15) is 20.3 Å². The zero-order valence-electron chi connectivity index (χ0n) is 8.32. The average Bonchev–Trinajstić information content (AvgIpc) is 2.66. The summed E-state index contributed by atoms with van der Waals surface area (Å²) in [6.07, 6.45) is 2.71. The maximum Gasteiger partial charge on any atom is 0.138 e. The van der Waals surface area contributed by atoms with Crippen LogP contribution in [0.25, 0.3) is 10.2 Å². The average molecular weight is 207 g/mol. The van der Waals surface area contributed by atoms with Crippen LogP contribution in [-0.4, -0.2) is 16.0 Å². The Balaban J connectivity index is 2.36. The Labute approximate surface area is 87.2 Å². The molecule has 2 aromatic heterocycles. The van der Waals surface area contributed by atoms with E-state index in [9.17, 15) is 0 Å². The van der Waals surface area contributed by atoms with Crippen LogP contribution in [0.4, 0.5) is 5.82 Å². The second-order valence-corrected chi connectivity index (χ2v) is 4.21. The highest BCUT2D eigenvalue weighted by atomic mass is 32.1. The lowest BCUT2D eigenvalue weighted by Crippen LogP contribution is -2.14. The molecule has 2 rings (SSSR count). The van der Waals surface area contributed by atoms with Crippen molar-refractivity contribution in [3.63, 3.8) is 0 Å². The van der Waals surface area contributed by atoms with E-state index in [1.54, 1.807) is 17.7 Å². The van der Waals surface area contributed by atoms with Gasteiger partial charge in [-0.1, -0.05) is 6.92 Å². The summed E-state index contributed by atoms with van der Waals surface area (Å²) in [5, 5.41) is 6.54. The topological polar surface area (TPSA) is 37.8 Å². The number of hydrogen-bond acceptors (Lipinski definition) is 4. The zero-order chi connectivity index (χ0) is 9.97. The summed E-state index contributed by atoms with van der Waals surface area (Å²) in [5.41, 5.74) is 0. The number of nitrogens with one attached hydrogen (secondary N) is 1. The monoisotopic (exact) mass is 207 g/mol. The Morgan fingerprint density at radius 3 is 3.14 bits per heavy atom. The smallest absolute Gasteiger partial charge is 0.138 e. The first-order valence-corrected chi connectivity index (χ1v) is 5.64. The molecule has 0 radical (unpaired) electrons. The highest BCUT2D eigenvalue weighted by Crippen LogP contribution is 2.24. The van der Waals surface area contributed by atoms with Crippen molar-refractivity contribution in [1.29, 1.82) is 0 Å². The maximum atomic E-state index is 4.25. The Kier molecular flexibility index (Phi) is 2.63. The van der Waals surface area contributed by atoms with Gasteiger partial charge in [0.05, 0.1) is 5.39 Å². The van der Waals surface area contributed by atoms with E-state index in [1.165, 1.54) is 0 Å². The minimum Gasteiger partial charge on any atom is -0.367 e. The highest BCUT2D eigenvalue weighted by Gasteiger charge is 2.06. The number of anilines is 1. The van der Waals surface area contributed by atoms with E-state index < -0.39 is 0 Å². The molecular weight excluding hydrogens is 194 g/mol. The quantitative estimate of drug-likeness (QED) is 0.841. The molecule has 0 saturated heterocycles. The lowest BCUT2D eigenvalue weighted by molar-refractivity contribution is 0.760. The Morgan fingerprint density at radius 2 is 2.36 bits per heavy atom. The normalized spacial score (nSPS) is 13.0. The second kappa shape index (κ2) is 3.92. The van der Waals surface area contributed by atoms with E-state index in [4.69, 9.17) is 0 Å². The van der Waals surface area contributed by atoms with E-state index in [0.29, 0.717) is 6.04 Å². The van der Waals surface area contributed by atoms with Crippen molar-refractivity contribution in [2.24, 2.45) is 0 Å². The van der Waals surface area contributed by atoms with Crippen LogP contribution in [0.3, 0.4) is 0 Å². The van der Waals surface area contributed by atoms with Gasteiger partial charge in [0, 0.05) is 6.04 Å². The third-order valence-electron chi connectivity index (χ3n) is 2.26. The molecule has 1 atom stereocenters. The predicted octanol–water partition coefficient (Wildman–Crippen LogP) is 2.90. The molecule has 4 heteroatoms. The van der Waals surface area contributed by atoms with E-state index in [1.807, 2.05) is 5.38 Å². The number of fused-ring (bicyclic) bond motifs is 1. The Morgan fingerprint density at radius 1 is 1.50 bits per heavy atom. The third kappa shape index (κ3) is 1.70. The van der Waals surface area contributed by atoms with Gasteiger partial charge in [-0.2, -0.15) is 0 Å². The van der Waals surface area contributed by atoms with Gasteiger partial charge in [-0.25, -0.2) is 9.97 Å². The number of rotatable bonds is 3. The van der Waals surface area contributed by atoms with Crippen LogP contribution in [0.5, 0.6) is 0 Å². The van der Waals surface area contributed by atoms with Gasteiger partial charge < -0.3 is 5.32 Å². The van der Waals surface area contributed by atoms with Gasteiger partial charge in [-0.15, -0.1) is 11.3 Å². The minimum absolute atomic E-state index is 0.452. The third-order valence-corrected chi connectivity index (χ3v) is 3.08. The molecule has 2 aromatic rings. The van der Waals surface area contributed by atoms with Gasteiger partial charge in [0.1, 0.15) is 17.0 Å². The van der Waals surface area contributed by atoms with Crippen LogP contribution in [0.2, 0.25) is 0 Å². The molecule has 1 N–H and O–H groups in total. The summed E-state index contributed by atoms with van der Waals surface area (Å²) >= 11 is 1.65. The number of aromatic nitrogens is 2. The molecule has 0 unspecified atom stereocenters. The first-order chi connectivity index (χ1) is 6.81. The molecule has 2 heterocycles. The van der Waals surface area contributed by atoms with Crippen LogP contribution in [-0.2, 0) is 0 Å². The van der Waals surface area contributed by atoms with Gasteiger partial charge in [0.2, 0.25) is 0 Å². The van der Waals surface area contributed by atoms with E-state index in [0.717, 1.165) is 22.5 Å². The fraction of sp³-hybridized carbons (Fsp3) is 0.400. The first kappa shape index (κ1) is 9.40. The summed E-state index contributed by atoms with van der Waals surface area (Å²) < 4.78 is 0. The lowest BCUT2D eigenvalue weighted by atomic mass is 10.2. The van der Waals surface area contributed by atoms with Crippen molar-refractivity contribution >= 4 is 27.4 Å². The highest BCUT2D eigenvalue weighted by molar-refractivity contribution is 7.16. The molecule has 14 heavy (non-hydrogen) atoms. The molecule has 0 aliphatic rings. The SMILES string of the molecule is CC[C@H](C)Nc1ncnc2sccc12. The molecule has 0 amide bonds. The Bertz CT molecular complexity index is 424. The molecule has 0 aromatic carbocycles. The molecule has 0 aliphatic carbocycles. The standard InChI is InChI=1S/C10H13N3S/c1-3-7(2)13-9-8-4-5-14-10(8)12-6-11-9/h4-7H,3H2,1-2H3,(H,11,12,13)/t7-/m0/s1. The van der Waals surface area contributed by atoms with Crippen molar-refractivity contribution in [3.05, 3.63) is 17.8 Å². The largest absolute Gasteiger partial charge is 0.367 e. The molecule has 74 valence electrons. The van der Waals surface area contributed by atoms with Crippen molar-refractivity contribution in [2.45, 2.75) is 26.3 Å². The molecule has 0 bridgehead atoms. The van der Waals surface area contributed by atoms with Gasteiger partial charge in [-0.05, 0) is 24.8 Å². The fourth-order valence-corrected chi connectivity index (χ4v) is 1.97. The molecule has 0 spiro atoms. The summed E-state index contributed by atoms with van der Waals surface area (Å²) in [4.78, 5) is 9.50. The van der Waals surface area contributed by atoms with Crippen molar-refractivity contribution in [3.8, 4) is 0 Å². The van der Waals surface area contributed by atoms with Crippen LogP contribution in [0.15, 0.2) is 17.8 Å². The number of hydrogen-bond donors (Lipinski definition) is 1.